The van der Waals surface area contributed by atoms with Crippen molar-refractivity contribution in [1.82, 2.24) is 40.2 Å². The maximum atomic E-state index is 12.6. The van der Waals surface area contributed by atoms with Crippen LogP contribution in [-0.4, -0.2) is 153 Å². The molecular formula is C48H49N13O10S6. The Kier molecular flexibility index (Phi) is 17.4. The summed E-state index contributed by atoms with van der Waals surface area (Å²) in [6, 6.07) is -0.302. The van der Waals surface area contributed by atoms with E-state index in [1.807, 2.05) is 0 Å². The first-order valence-corrected chi connectivity index (χ1v) is 28.4. The largest absolute Gasteiger partial charge is 0.495 e. The molecule has 29 heteroatoms. The summed E-state index contributed by atoms with van der Waals surface area (Å²) >= 11 is 6.81. The van der Waals surface area contributed by atoms with Gasteiger partial charge in [0.15, 0.2) is 6.04 Å². The summed E-state index contributed by atoms with van der Waals surface area (Å²) in [7, 11) is 0. The lowest BCUT2D eigenvalue weighted by atomic mass is 10.00. The highest BCUT2D eigenvalue weighted by molar-refractivity contribution is 7.15. The van der Waals surface area contributed by atoms with Gasteiger partial charge in [0.05, 0.1) is 35.3 Å². The molecule has 0 unspecified atom stereocenters. The Labute approximate surface area is 462 Å². The van der Waals surface area contributed by atoms with Crippen molar-refractivity contribution in [1.29, 1.82) is 0 Å². The van der Waals surface area contributed by atoms with E-state index < -0.39 is 77.4 Å². The second-order valence-electron chi connectivity index (χ2n) is 17.5. The van der Waals surface area contributed by atoms with Gasteiger partial charge < -0.3 is 51.3 Å². The summed E-state index contributed by atoms with van der Waals surface area (Å²) in [5.41, 5.74) is 0.504. The zero-order chi connectivity index (χ0) is 55.5. The number of aromatic nitrogens is 7. The lowest BCUT2D eigenvalue weighted by Crippen LogP contribution is -2.31. The number of rotatable bonds is 10. The topological polar surface area (TPSA) is 363 Å². The number of hydrogen-bond acceptors (Lipinski definition) is 23. The molecule has 8 rings (SSSR count). The molecule has 7 aromatic rings. The molecule has 8 heterocycles. The highest BCUT2D eigenvalue weighted by atomic mass is 32.1. The van der Waals surface area contributed by atoms with Crippen molar-refractivity contribution in [2.45, 2.75) is 90.5 Å². The summed E-state index contributed by atoms with van der Waals surface area (Å²) < 4.78 is 0. The van der Waals surface area contributed by atoms with Crippen LogP contribution in [0.25, 0.3) is 49.1 Å². The fourth-order valence-electron chi connectivity index (χ4n) is 7.00. The standard InChI is InChI=1S/C48H49N13O10S6/c1-8-23(36(65)49-12-19(3)62)51-37(66)27-15-74-45(56-27)31-18-75-44(58-31)25-11-10-22-34(50-25)26-13-76-46(53-26)33(21(5)64)60-39(68)29-17-77-47(57-29)35(48(6,7)71)61-40(69)30-16-73-43(55-30)24(9-2)52-41(70)32(20(4)63)59-38(67)28-14-72-42(22)54-28/h8-11,13-21,32-33,35,62-64,71H,12H2,1-7H3,(H,49,65)(H,51,66)(H,52,70)(H,59,67)(H,60,68)(H,61,69)/b23-8+,24-9-/t19-,20-,21-,32+,33+,35-/m1/s1. The van der Waals surface area contributed by atoms with Gasteiger partial charge in [0, 0.05) is 44.4 Å². The molecule has 0 saturated carbocycles. The third-order valence-corrected chi connectivity index (χ3v) is 16.2. The normalized spacial score (nSPS) is 18.9. The first-order chi connectivity index (χ1) is 36.6. The maximum absolute atomic E-state index is 12.6. The monoisotopic (exact) mass is 1160 g/mol. The van der Waals surface area contributed by atoms with Gasteiger partial charge in [-0.2, -0.15) is 0 Å². The van der Waals surface area contributed by atoms with Gasteiger partial charge in [0.1, 0.15) is 87.7 Å². The molecule has 0 radical (unpaired) electrons. The third kappa shape index (κ3) is 12.9. The Morgan fingerprint density at radius 3 is 1.87 bits per heavy atom. The summed E-state index contributed by atoms with van der Waals surface area (Å²) in [4.78, 5) is 66.9. The van der Waals surface area contributed by atoms with Gasteiger partial charge in [-0.05, 0) is 60.6 Å². The number of pyridine rings is 1. The summed E-state index contributed by atoms with van der Waals surface area (Å²) in [6.07, 6.45) is -0.373. The Bertz CT molecular complexity index is 3520. The van der Waals surface area contributed by atoms with Crippen molar-refractivity contribution in [3.8, 4) is 43.4 Å². The third-order valence-electron chi connectivity index (χ3n) is 10.9. The van der Waals surface area contributed by atoms with E-state index in [4.69, 9.17) is 15.0 Å². The molecule has 7 aromatic heterocycles. The molecule has 1 aliphatic heterocycles. The number of hydrogen-bond donors (Lipinski definition) is 10. The average molecular weight is 1160 g/mol. The molecule has 1 aliphatic rings. The Morgan fingerprint density at radius 1 is 0.662 bits per heavy atom. The van der Waals surface area contributed by atoms with E-state index in [0.717, 1.165) is 45.3 Å². The first-order valence-electron chi connectivity index (χ1n) is 23.1. The zero-order valence-electron chi connectivity index (χ0n) is 41.7. The van der Waals surface area contributed by atoms with Crippen LogP contribution in [0.5, 0.6) is 0 Å². The molecule has 77 heavy (non-hydrogen) atoms. The number of thiazole rings is 6. The van der Waals surface area contributed by atoms with Crippen LogP contribution < -0.4 is 5.32 Å². The van der Waals surface area contributed by atoms with Gasteiger partial charge in [-0.15, -0.1) is 68.0 Å². The first kappa shape index (κ1) is 56.3. The fourth-order valence-corrected chi connectivity index (χ4v) is 12.2. The van der Waals surface area contributed by atoms with Gasteiger partial charge in [-0.1, -0.05) is 12.2 Å². The number of amides is 1. The molecule has 0 fully saturated rings. The predicted molar refractivity (Wildman–Crippen MR) is 301 cm³/mol. The minimum absolute atomic E-state index is 0.00115. The van der Waals surface area contributed by atoms with E-state index in [-0.39, 0.29) is 55.7 Å². The van der Waals surface area contributed by atoms with Crippen LogP contribution in [0.3, 0.4) is 0 Å². The second kappa shape index (κ2) is 23.8. The van der Waals surface area contributed by atoms with Crippen molar-refractivity contribution < 1.29 is 50.8 Å². The maximum Gasteiger partial charge on any atom is 0.269 e. The van der Waals surface area contributed by atoms with E-state index in [2.05, 4.69) is 50.2 Å². The van der Waals surface area contributed by atoms with Crippen molar-refractivity contribution in [2.75, 3.05) is 6.54 Å². The Balaban J connectivity index is 1.21. The fraction of sp³-hybridized carbons (Fsp3) is 0.312. The quantitative estimate of drug-likeness (QED) is 0.0354. The molecule has 0 saturated heterocycles. The number of fused-ring (bicyclic) bond motifs is 11. The molecule has 0 aliphatic carbocycles. The molecule has 0 aromatic carbocycles. The van der Waals surface area contributed by atoms with Gasteiger partial charge in [-0.3, -0.25) is 4.79 Å². The molecule has 8 bridgehead atoms. The number of aliphatic imine (C=N–C) groups is 5. The SMILES string of the molecule is C/C=C1\N=C(O)[C@H]([C@@H](C)O)N=C(O)c2csc(n2)-c2ccc(-c3nc(-c4nc(C(O)=N/C(=C/C)C(=O)NC[C@@H](C)O)cs4)cs3)nc2-c2csc(n2)[C@H]([C@@H](C)O)N=C(O)c2csc(n2)[C@H](C(C)(C)O)N=C(O)c2csc1n2. The number of allylic oxidation sites excluding steroid dienone is 2. The Morgan fingerprint density at radius 2 is 1.21 bits per heavy atom. The lowest BCUT2D eigenvalue weighted by Gasteiger charge is -2.24. The van der Waals surface area contributed by atoms with Crippen LogP contribution in [0, 0.1) is 0 Å². The molecule has 23 nitrogen and oxygen atoms in total. The van der Waals surface area contributed by atoms with Crippen LogP contribution in [0.2, 0.25) is 0 Å². The average Bonchev–Trinajstić information content (AvgIpc) is 4.29. The van der Waals surface area contributed by atoms with E-state index in [1.54, 1.807) is 42.1 Å². The molecule has 1 amide bonds. The number of carbonyl (C=O) groups excluding carboxylic acids is 1. The second-order valence-corrected chi connectivity index (χ2v) is 22.7. The van der Waals surface area contributed by atoms with Crippen molar-refractivity contribution >= 4 is 109 Å². The predicted octanol–water partition coefficient (Wildman–Crippen LogP) is 7.82. The number of nitrogens with one attached hydrogen (secondary N) is 1. The van der Waals surface area contributed by atoms with Crippen LogP contribution >= 0.6 is 68.0 Å². The highest BCUT2D eigenvalue weighted by Gasteiger charge is 2.34. The lowest BCUT2D eigenvalue weighted by molar-refractivity contribution is -0.117. The van der Waals surface area contributed by atoms with Crippen molar-refractivity contribution in [3.63, 3.8) is 0 Å². The molecule has 402 valence electrons. The van der Waals surface area contributed by atoms with Crippen LogP contribution in [0.15, 0.2) is 87.2 Å². The van der Waals surface area contributed by atoms with Gasteiger partial charge in [0.25, 0.3) is 5.91 Å². The minimum atomic E-state index is -1.60. The van der Waals surface area contributed by atoms with Gasteiger partial charge in [0.2, 0.25) is 29.5 Å². The smallest absolute Gasteiger partial charge is 0.269 e. The number of aliphatic hydroxyl groups is 9. The number of aliphatic hydroxyl groups excluding tert-OH is 8. The molecule has 10 N–H and O–H groups in total. The number of carbonyl (C=O) groups is 1. The van der Waals surface area contributed by atoms with Crippen LogP contribution in [0.4, 0.5) is 0 Å². The van der Waals surface area contributed by atoms with Gasteiger partial charge in [-0.25, -0.2) is 59.8 Å². The summed E-state index contributed by atoms with van der Waals surface area (Å²) in [5, 5.41) is 113. The van der Waals surface area contributed by atoms with E-state index in [0.29, 0.717) is 43.4 Å². The molecule has 0 spiro atoms. The Hall–Kier alpha value is -6.93. The summed E-state index contributed by atoms with van der Waals surface area (Å²) in [6.45, 7) is 10.5. The van der Waals surface area contributed by atoms with Crippen LogP contribution in [-0.2, 0) is 4.79 Å². The molecular weight excluding hydrogens is 1110 g/mol. The zero-order valence-corrected chi connectivity index (χ0v) is 46.6. The minimum Gasteiger partial charge on any atom is -0.495 e. The van der Waals surface area contributed by atoms with Crippen LogP contribution in [0.1, 0.15) is 98.3 Å². The highest BCUT2D eigenvalue weighted by Crippen LogP contribution is 2.39. The molecule has 6 atom stereocenters. The van der Waals surface area contributed by atoms with E-state index in [1.165, 1.54) is 85.6 Å². The van der Waals surface area contributed by atoms with Crippen molar-refractivity contribution in [2.24, 2.45) is 25.0 Å². The van der Waals surface area contributed by atoms with Gasteiger partial charge >= 0.3 is 0 Å². The number of nitrogens with zero attached hydrogens (tertiary/aromatic N) is 12. The van der Waals surface area contributed by atoms with Crippen molar-refractivity contribution in [3.05, 3.63) is 100 Å². The van der Waals surface area contributed by atoms with E-state index >= 15 is 0 Å². The summed E-state index contributed by atoms with van der Waals surface area (Å²) in [5.74, 6) is -3.49. The van der Waals surface area contributed by atoms with E-state index in [9.17, 15) is 50.8 Å².